The summed E-state index contributed by atoms with van der Waals surface area (Å²) < 4.78 is 16.3. The molecule has 1 aromatic heterocycles. The molecule has 0 saturated carbocycles. The highest BCUT2D eigenvalue weighted by Gasteiger charge is 2.09. The van der Waals surface area contributed by atoms with E-state index >= 15 is 0 Å². The van der Waals surface area contributed by atoms with Crippen LogP contribution < -0.4 is 5.30 Å². The van der Waals surface area contributed by atoms with Gasteiger partial charge in [0, 0.05) is 16.4 Å². The fraction of sp³-hybridized carbons (Fsp3) is 0. The maximum absolute atomic E-state index is 10.7. The van der Waals surface area contributed by atoms with Gasteiger partial charge in [0.1, 0.15) is 0 Å². The van der Waals surface area contributed by atoms with Crippen LogP contribution in [0.2, 0.25) is 0 Å². The highest BCUT2D eigenvalue weighted by atomic mass is 31.1. The lowest BCUT2D eigenvalue weighted by atomic mass is 10.2. The molecular formula is C14H9N2O2P. The average molecular weight is 268 g/mol. The molecule has 0 bridgehead atoms. The lowest BCUT2D eigenvalue weighted by Gasteiger charge is -1.95. The summed E-state index contributed by atoms with van der Waals surface area (Å²) in [6, 6.07) is 16.7. The van der Waals surface area contributed by atoms with Gasteiger partial charge in [0.05, 0.1) is 0 Å². The second-order valence-corrected chi connectivity index (χ2v) is 4.62. The van der Waals surface area contributed by atoms with Crippen LogP contribution in [0.15, 0.2) is 59.0 Å². The van der Waals surface area contributed by atoms with Crippen molar-refractivity contribution in [3.63, 3.8) is 0 Å². The van der Waals surface area contributed by atoms with Crippen LogP contribution in [0.25, 0.3) is 22.9 Å². The molecule has 3 rings (SSSR count). The van der Waals surface area contributed by atoms with Crippen molar-refractivity contribution in [1.29, 1.82) is 0 Å². The Kier molecular flexibility index (Phi) is 3.17. The number of benzene rings is 2. The fourth-order valence-corrected chi connectivity index (χ4v) is 1.97. The van der Waals surface area contributed by atoms with Crippen molar-refractivity contribution in [2.45, 2.75) is 0 Å². The summed E-state index contributed by atoms with van der Waals surface area (Å²) in [6.45, 7) is 0. The summed E-state index contributed by atoms with van der Waals surface area (Å²) in [5.74, 6) is 0.939. The molecule has 5 heteroatoms. The number of aromatic nitrogens is 2. The first-order chi connectivity index (χ1) is 9.36. The Labute approximate surface area is 111 Å². The van der Waals surface area contributed by atoms with Crippen LogP contribution >= 0.6 is 8.46 Å². The molecule has 0 aliphatic heterocycles. The second-order valence-electron chi connectivity index (χ2n) is 3.92. The predicted octanol–water partition coefficient (Wildman–Crippen LogP) is 3.32. The Bertz CT molecular complexity index is 693. The molecule has 0 saturated heterocycles. The minimum absolute atomic E-state index is 0.00415. The average Bonchev–Trinajstić information content (AvgIpc) is 2.98. The van der Waals surface area contributed by atoms with Gasteiger partial charge in [0.25, 0.3) is 0 Å². The van der Waals surface area contributed by atoms with Gasteiger partial charge in [-0.25, -0.2) is 0 Å². The molecule has 0 spiro atoms. The quantitative estimate of drug-likeness (QED) is 0.684. The van der Waals surface area contributed by atoms with Crippen LogP contribution in [0.5, 0.6) is 0 Å². The second kappa shape index (κ2) is 5.12. The van der Waals surface area contributed by atoms with E-state index in [9.17, 15) is 4.57 Å². The van der Waals surface area contributed by atoms with Crippen LogP contribution in [0.4, 0.5) is 0 Å². The standard InChI is InChI=1S/C14H9N2O2P/c17-19-12-8-6-11(7-9-12)14-16-15-13(18-14)10-4-2-1-3-5-10/h1-9H. The molecule has 0 fully saturated rings. The Hall–Kier alpha value is -2.32. The van der Waals surface area contributed by atoms with E-state index in [0.717, 1.165) is 11.1 Å². The van der Waals surface area contributed by atoms with E-state index in [1.54, 1.807) is 12.1 Å². The van der Waals surface area contributed by atoms with Gasteiger partial charge in [-0.3, -0.25) is 4.57 Å². The van der Waals surface area contributed by atoms with Crippen molar-refractivity contribution < 1.29 is 8.98 Å². The van der Waals surface area contributed by atoms with E-state index in [0.29, 0.717) is 17.1 Å². The van der Waals surface area contributed by atoms with Gasteiger partial charge in [-0.2, -0.15) is 0 Å². The maximum Gasteiger partial charge on any atom is 0.248 e. The molecule has 1 heterocycles. The summed E-state index contributed by atoms with van der Waals surface area (Å²) >= 11 is 0. The van der Waals surface area contributed by atoms with E-state index < -0.39 is 0 Å². The minimum Gasteiger partial charge on any atom is -0.416 e. The van der Waals surface area contributed by atoms with Crippen molar-refractivity contribution >= 4 is 13.8 Å². The summed E-state index contributed by atoms with van der Waals surface area (Å²) in [6.07, 6.45) is 0. The zero-order valence-electron chi connectivity index (χ0n) is 9.85. The van der Waals surface area contributed by atoms with Crippen LogP contribution in [0.3, 0.4) is 0 Å². The number of nitrogens with zero attached hydrogens (tertiary/aromatic N) is 2. The largest absolute Gasteiger partial charge is 0.416 e. The first-order valence-electron chi connectivity index (χ1n) is 5.69. The lowest BCUT2D eigenvalue weighted by Crippen LogP contribution is -1.89. The van der Waals surface area contributed by atoms with Crippen LogP contribution in [-0.2, 0) is 4.57 Å². The molecule has 3 aromatic rings. The Balaban J connectivity index is 1.94. The van der Waals surface area contributed by atoms with Crippen molar-refractivity contribution in [3.8, 4) is 22.9 Å². The summed E-state index contributed by atoms with van der Waals surface area (Å²) in [4.78, 5) is 0. The third-order valence-corrected chi connectivity index (χ3v) is 3.17. The first-order valence-corrected chi connectivity index (χ1v) is 6.51. The number of rotatable bonds is 3. The molecule has 0 aliphatic rings. The molecule has 0 aliphatic carbocycles. The molecule has 92 valence electrons. The topological polar surface area (TPSA) is 56.0 Å². The molecule has 0 radical (unpaired) electrons. The van der Waals surface area contributed by atoms with E-state index in [1.807, 2.05) is 42.5 Å². The van der Waals surface area contributed by atoms with E-state index in [-0.39, 0.29) is 8.46 Å². The van der Waals surface area contributed by atoms with Gasteiger partial charge in [0.15, 0.2) is 8.46 Å². The monoisotopic (exact) mass is 268 g/mol. The number of hydrogen-bond donors (Lipinski definition) is 0. The normalized spacial score (nSPS) is 10.7. The van der Waals surface area contributed by atoms with Crippen molar-refractivity contribution in [3.05, 3.63) is 54.6 Å². The zero-order chi connectivity index (χ0) is 13.1. The van der Waals surface area contributed by atoms with Crippen molar-refractivity contribution in [2.75, 3.05) is 0 Å². The molecule has 0 unspecified atom stereocenters. The molecule has 19 heavy (non-hydrogen) atoms. The Morgan fingerprint density at radius 3 is 1.95 bits per heavy atom. The highest BCUT2D eigenvalue weighted by Crippen LogP contribution is 2.23. The van der Waals surface area contributed by atoms with Crippen molar-refractivity contribution in [2.24, 2.45) is 0 Å². The molecule has 4 nitrogen and oxygen atoms in total. The predicted molar refractivity (Wildman–Crippen MR) is 72.4 cm³/mol. The van der Waals surface area contributed by atoms with Crippen LogP contribution in [0.1, 0.15) is 0 Å². The van der Waals surface area contributed by atoms with Gasteiger partial charge in [-0.1, -0.05) is 18.2 Å². The fourth-order valence-electron chi connectivity index (χ4n) is 1.70. The van der Waals surface area contributed by atoms with E-state index in [4.69, 9.17) is 4.42 Å². The van der Waals surface area contributed by atoms with E-state index in [2.05, 4.69) is 10.2 Å². The summed E-state index contributed by atoms with van der Waals surface area (Å²) in [7, 11) is 0.00415. The minimum atomic E-state index is 0.00415. The van der Waals surface area contributed by atoms with Gasteiger partial charge >= 0.3 is 0 Å². The lowest BCUT2D eigenvalue weighted by molar-refractivity contribution is 0.584. The molecular weight excluding hydrogens is 259 g/mol. The molecule has 0 N–H and O–H groups in total. The van der Waals surface area contributed by atoms with Crippen molar-refractivity contribution in [1.82, 2.24) is 10.2 Å². The highest BCUT2D eigenvalue weighted by molar-refractivity contribution is 7.34. The van der Waals surface area contributed by atoms with Gasteiger partial charge in [-0.15, -0.1) is 10.2 Å². The zero-order valence-corrected chi connectivity index (χ0v) is 10.7. The molecule has 0 amide bonds. The third-order valence-electron chi connectivity index (χ3n) is 2.67. The smallest absolute Gasteiger partial charge is 0.248 e. The number of hydrogen-bond acceptors (Lipinski definition) is 4. The van der Waals surface area contributed by atoms with Gasteiger partial charge in [0.2, 0.25) is 11.8 Å². The van der Waals surface area contributed by atoms with Gasteiger partial charge < -0.3 is 4.42 Å². The Morgan fingerprint density at radius 1 is 0.789 bits per heavy atom. The van der Waals surface area contributed by atoms with Crippen LogP contribution in [-0.4, -0.2) is 10.2 Å². The summed E-state index contributed by atoms with van der Waals surface area (Å²) in [5.41, 5.74) is 1.69. The Morgan fingerprint density at radius 2 is 1.37 bits per heavy atom. The van der Waals surface area contributed by atoms with Crippen LogP contribution in [0, 0.1) is 0 Å². The van der Waals surface area contributed by atoms with E-state index in [1.165, 1.54) is 0 Å². The summed E-state index contributed by atoms with van der Waals surface area (Å²) in [5, 5.41) is 8.76. The third kappa shape index (κ3) is 2.44. The molecule has 0 atom stereocenters. The SMILES string of the molecule is O=Pc1ccc(-c2nnc(-c3ccccc3)o2)cc1. The maximum atomic E-state index is 10.7. The molecule has 2 aromatic carbocycles. The first kappa shape index (κ1) is 11.8. The van der Waals surface area contributed by atoms with Gasteiger partial charge in [-0.05, 0) is 36.4 Å².